The van der Waals surface area contributed by atoms with Crippen molar-refractivity contribution < 1.29 is 19.7 Å². The molecule has 158 valence electrons. The molecule has 0 spiro atoms. The predicted octanol–water partition coefficient (Wildman–Crippen LogP) is 4.57. The third kappa shape index (κ3) is 4.05. The first-order chi connectivity index (χ1) is 12.1. The number of hydrogen-bond donors (Lipinski definition) is 2. The minimum absolute atomic E-state index is 0.176. The van der Waals surface area contributed by atoms with Crippen LogP contribution in [0.5, 0.6) is 0 Å². The fourth-order valence-electron chi connectivity index (χ4n) is 6.48. The van der Waals surface area contributed by atoms with Gasteiger partial charge in [-0.05, 0) is 78.2 Å². The smallest absolute Gasteiger partial charge is 0.147 e. The maximum Gasteiger partial charge on any atom is 0.147 e. The summed E-state index contributed by atoms with van der Waals surface area (Å²) in [5.41, 5.74) is -2.15. The molecule has 0 aromatic rings. The van der Waals surface area contributed by atoms with Gasteiger partial charge >= 0.3 is 0 Å². The third-order valence-corrected chi connectivity index (χ3v) is 9.76. The van der Waals surface area contributed by atoms with Gasteiger partial charge in [-0.2, -0.15) is 0 Å². The van der Waals surface area contributed by atoms with E-state index < -0.39 is 19.3 Å². The molecule has 4 bridgehead atoms. The Balaban J connectivity index is 1.77. The standard InChI is InChI=1S/C22H42O4Si/c1-18(2,23)20-10-17-11-21(13-20,19(3,4)24)15-22(12-17,14-20)26-16-25-8-9-27(5,6)7/h17,23-24H,8-16H2,1-7H3. The van der Waals surface area contributed by atoms with E-state index in [-0.39, 0.29) is 16.4 Å². The van der Waals surface area contributed by atoms with Crippen LogP contribution in [-0.2, 0) is 9.47 Å². The fourth-order valence-corrected chi connectivity index (χ4v) is 7.24. The van der Waals surface area contributed by atoms with E-state index in [2.05, 4.69) is 19.6 Å². The molecule has 0 amide bonds. The normalized spacial score (nSPS) is 39.2. The van der Waals surface area contributed by atoms with E-state index in [0.29, 0.717) is 12.7 Å². The van der Waals surface area contributed by atoms with Crippen LogP contribution in [0.2, 0.25) is 25.7 Å². The predicted molar refractivity (Wildman–Crippen MR) is 111 cm³/mol. The lowest BCUT2D eigenvalue weighted by Gasteiger charge is -2.71. The summed E-state index contributed by atoms with van der Waals surface area (Å²) in [6.07, 6.45) is 5.81. The first-order valence-electron chi connectivity index (χ1n) is 10.8. The third-order valence-electron chi connectivity index (χ3n) is 8.06. The van der Waals surface area contributed by atoms with E-state index in [1.54, 1.807) is 0 Å². The molecule has 5 heteroatoms. The summed E-state index contributed by atoms with van der Waals surface area (Å²) in [7, 11) is -1.10. The van der Waals surface area contributed by atoms with Crippen LogP contribution in [0.25, 0.3) is 0 Å². The second-order valence-corrected chi connectivity index (χ2v) is 18.0. The van der Waals surface area contributed by atoms with Gasteiger partial charge in [-0.1, -0.05) is 19.6 Å². The lowest BCUT2D eigenvalue weighted by Crippen LogP contribution is -2.70. The van der Waals surface area contributed by atoms with Gasteiger partial charge in [0.1, 0.15) is 6.79 Å². The van der Waals surface area contributed by atoms with Gasteiger partial charge in [0.05, 0.1) is 16.8 Å². The first kappa shape index (κ1) is 21.8. The monoisotopic (exact) mass is 398 g/mol. The van der Waals surface area contributed by atoms with Crippen LogP contribution in [0.15, 0.2) is 0 Å². The molecule has 4 rings (SSSR count). The molecular weight excluding hydrogens is 356 g/mol. The number of rotatable bonds is 8. The summed E-state index contributed by atoms with van der Waals surface area (Å²) in [6, 6.07) is 1.15. The molecule has 0 radical (unpaired) electrons. The topological polar surface area (TPSA) is 58.9 Å². The molecule has 4 fully saturated rings. The molecule has 2 N–H and O–H groups in total. The van der Waals surface area contributed by atoms with Crippen LogP contribution in [0.4, 0.5) is 0 Å². The Kier molecular flexibility index (Phi) is 5.26. The molecule has 0 heterocycles. The lowest BCUT2D eigenvalue weighted by atomic mass is 9.37. The second-order valence-electron chi connectivity index (χ2n) is 12.4. The molecular formula is C22H42O4Si. The Bertz CT molecular complexity index is 524. The van der Waals surface area contributed by atoms with E-state index in [1.807, 2.05) is 27.7 Å². The minimum Gasteiger partial charge on any atom is -0.390 e. The van der Waals surface area contributed by atoms with Gasteiger partial charge in [-0.3, -0.25) is 0 Å². The van der Waals surface area contributed by atoms with Gasteiger partial charge in [0.15, 0.2) is 0 Å². The Labute approximate surface area is 167 Å². The largest absolute Gasteiger partial charge is 0.390 e. The van der Waals surface area contributed by atoms with Crippen molar-refractivity contribution in [2.75, 3.05) is 13.4 Å². The average molecular weight is 399 g/mol. The Morgan fingerprint density at radius 3 is 1.85 bits per heavy atom. The van der Waals surface area contributed by atoms with E-state index in [0.717, 1.165) is 51.2 Å². The summed E-state index contributed by atoms with van der Waals surface area (Å²) in [6.45, 7) is 16.0. The summed E-state index contributed by atoms with van der Waals surface area (Å²) in [4.78, 5) is 0. The molecule has 2 atom stereocenters. The Hall–Kier alpha value is 0.0569. The second kappa shape index (κ2) is 6.53. The highest BCUT2D eigenvalue weighted by Crippen LogP contribution is 2.72. The van der Waals surface area contributed by atoms with Crippen LogP contribution >= 0.6 is 0 Å². The molecule has 4 nitrogen and oxygen atoms in total. The molecule has 0 saturated heterocycles. The van der Waals surface area contributed by atoms with Gasteiger partial charge in [-0.25, -0.2) is 0 Å². The van der Waals surface area contributed by atoms with Crippen LogP contribution in [0, 0.1) is 16.7 Å². The van der Waals surface area contributed by atoms with Crippen LogP contribution in [0.1, 0.15) is 66.2 Å². The summed E-state index contributed by atoms with van der Waals surface area (Å²) in [5.74, 6) is 0.515. The van der Waals surface area contributed by atoms with Gasteiger partial charge in [0.25, 0.3) is 0 Å². The van der Waals surface area contributed by atoms with E-state index in [4.69, 9.17) is 9.47 Å². The van der Waals surface area contributed by atoms with E-state index >= 15 is 0 Å². The molecule has 0 aromatic carbocycles. The van der Waals surface area contributed by atoms with Crippen molar-refractivity contribution in [3.63, 3.8) is 0 Å². The van der Waals surface area contributed by atoms with Crippen molar-refractivity contribution in [2.24, 2.45) is 16.7 Å². The van der Waals surface area contributed by atoms with Gasteiger partial charge in [0, 0.05) is 25.5 Å². The zero-order valence-corrected chi connectivity index (χ0v) is 19.7. The van der Waals surface area contributed by atoms with E-state index in [1.165, 1.54) is 0 Å². The minimum atomic E-state index is -1.10. The number of ether oxygens (including phenoxy) is 2. The highest BCUT2D eigenvalue weighted by Gasteiger charge is 2.70. The maximum absolute atomic E-state index is 11.1. The molecule has 27 heavy (non-hydrogen) atoms. The van der Waals surface area contributed by atoms with Crippen LogP contribution < -0.4 is 0 Å². The van der Waals surface area contributed by atoms with Gasteiger partial charge in [0.2, 0.25) is 0 Å². The quantitative estimate of drug-likeness (QED) is 0.357. The zero-order chi connectivity index (χ0) is 20.4. The number of aliphatic hydroxyl groups is 2. The van der Waals surface area contributed by atoms with Crippen LogP contribution in [-0.4, -0.2) is 48.5 Å². The van der Waals surface area contributed by atoms with Crippen molar-refractivity contribution >= 4 is 8.07 Å². The first-order valence-corrected chi connectivity index (χ1v) is 14.5. The average Bonchev–Trinajstić information content (AvgIpc) is 2.41. The molecule has 0 aliphatic heterocycles. The van der Waals surface area contributed by atoms with Crippen molar-refractivity contribution in [1.82, 2.24) is 0 Å². The van der Waals surface area contributed by atoms with Crippen LogP contribution in [0.3, 0.4) is 0 Å². The summed E-state index contributed by atoms with van der Waals surface area (Å²) >= 11 is 0. The summed E-state index contributed by atoms with van der Waals surface area (Å²) in [5, 5.41) is 22.2. The lowest BCUT2D eigenvalue weighted by molar-refractivity contribution is -0.305. The molecule has 4 saturated carbocycles. The zero-order valence-electron chi connectivity index (χ0n) is 18.7. The maximum atomic E-state index is 11.1. The van der Waals surface area contributed by atoms with Gasteiger partial charge in [-0.15, -0.1) is 0 Å². The van der Waals surface area contributed by atoms with Crippen molar-refractivity contribution in [3.8, 4) is 0 Å². The molecule has 2 unspecified atom stereocenters. The fraction of sp³-hybridized carbons (Fsp3) is 1.00. The number of hydrogen-bond acceptors (Lipinski definition) is 4. The Morgan fingerprint density at radius 1 is 0.889 bits per heavy atom. The van der Waals surface area contributed by atoms with Crippen molar-refractivity contribution in [2.45, 2.75) is 109 Å². The summed E-state index contributed by atoms with van der Waals surface area (Å²) < 4.78 is 12.3. The highest BCUT2D eigenvalue weighted by atomic mass is 28.3. The molecule has 0 aromatic heterocycles. The Morgan fingerprint density at radius 2 is 1.41 bits per heavy atom. The highest BCUT2D eigenvalue weighted by molar-refractivity contribution is 6.76. The van der Waals surface area contributed by atoms with Crippen molar-refractivity contribution in [1.29, 1.82) is 0 Å². The molecule has 4 aliphatic rings. The molecule has 4 aliphatic carbocycles. The van der Waals surface area contributed by atoms with Crippen molar-refractivity contribution in [3.05, 3.63) is 0 Å². The van der Waals surface area contributed by atoms with Gasteiger partial charge < -0.3 is 19.7 Å². The van der Waals surface area contributed by atoms with E-state index in [9.17, 15) is 10.2 Å². The SMILES string of the molecule is CC(C)(O)C12CC3CC(OCOCC[Si](C)(C)C)(C1)CC(C(C)(C)O)(C3)C2.